The number of aromatic carboxylic acids is 1. The fourth-order valence-electron chi connectivity index (χ4n) is 1.95. The maximum absolute atomic E-state index is 12.3. The van der Waals surface area contributed by atoms with Crippen molar-refractivity contribution < 1.29 is 14.7 Å². The Balaban J connectivity index is 2.70. The molecular formula is C16H24N2O3. The lowest BCUT2D eigenvalue weighted by Crippen LogP contribution is -2.36. The number of carbonyl (C=O) groups is 2. The molecule has 0 aromatic heterocycles. The van der Waals surface area contributed by atoms with Gasteiger partial charge >= 0.3 is 12.0 Å². The van der Waals surface area contributed by atoms with Gasteiger partial charge in [0.1, 0.15) is 0 Å². The van der Waals surface area contributed by atoms with Gasteiger partial charge in [-0.3, -0.25) is 0 Å². The quantitative estimate of drug-likeness (QED) is 0.765. The van der Waals surface area contributed by atoms with Crippen molar-refractivity contribution in [2.24, 2.45) is 0 Å². The van der Waals surface area contributed by atoms with E-state index in [-0.39, 0.29) is 11.6 Å². The van der Waals surface area contributed by atoms with Crippen LogP contribution in [-0.4, -0.2) is 35.1 Å². The summed E-state index contributed by atoms with van der Waals surface area (Å²) in [4.78, 5) is 25.0. The Bertz CT molecular complexity index is 466. The van der Waals surface area contributed by atoms with E-state index in [9.17, 15) is 9.59 Å². The van der Waals surface area contributed by atoms with E-state index < -0.39 is 5.97 Å². The average Bonchev–Trinajstić information content (AvgIpc) is 2.47. The topological polar surface area (TPSA) is 69.6 Å². The predicted octanol–water partition coefficient (Wildman–Crippen LogP) is 3.82. The van der Waals surface area contributed by atoms with Gasteiger partial charge in [-0.2, -0.15) is 0 Å². The zero-order valence-corrected chi connectivity index (χ0v) is 12.8. The van der Waals surface area contributed by atoms with Crippen LogP contribution in [-0.2, 0) is 0 Å². The Hall–Kier alpha value is -2.04. The number of unbranched alkanes of at least 4 members (excludes halogenated alkanes) is 2. The Morgan fingerprint density at radius 2 is 1.76 bits per heavy atom. The lowest BCUT2D eigenvalue weighted by atomic mass is 10.2. The normalized spacial score (nSPS) is 10.2. The Kier molecular flexibility index (Phi) is 7.29. The minimum absolute atomic E-state index is 0.167. The van der Waals surface area contributed by atoms with Crippen LogP contribution >= 0.6 is 0 Å². The number of carboxylic acid groups (broad SMARTS) is 1. The smallest absolute Gasteiger partial charge is 0.335 e. The number of amides is 2. The number of urea groups is 1. The molecule has 1 rings (SSSR count). The molecule has 0 saturated heterocycles. The number of benzene rings is 1. The molecule has 1 aromatic rings. The van der Waals surface area contributed by atoms with Crippen molar-refractivity contribution in [1.29, 1.82) is 0 Å². The second-order valence-electron chi connectivity index (χ2n) is 5.01. The average molecular weight is 292 g/mol. The standard InChI is InChI=1S/C16H24N2O3/c1-3-5-10-18(11-6-4-2)16(21)17-14-9-7-8-13(12-14)15(19)20/h7-9,12H,3-6,10-11H2,1-2H3,(H,17,21)(H,19,20). The number of rotatable bonds is 8. The summed E-state index contributed by atoms with van der Waals surface area (Å²) in [5.74, 6) is -1.00. The number of nitrogens with zero attached hydrogens (tertiary/aromatic N) is 1. The van der Waals surface area contributed by atoms with Crippen LogP contribution in [0.5, 0.6) is 0 Å². The van der Waals surface area contributed by atoms with Crippen LogP contribution in [0.25, 0.3) is 0 Å². The van der Waals surface area contributed by atoms with Gasteiger partial charge in [-0.15, -0.1) is 0 Å². The van der Waals surface area contributed by atoms with Crippen molar-refractivity contribution in [3.05, 3.63) is 29.8 Å². The predicted molar refractivity (Wildman–Crippen MR) is 83.8 cm³/mol. The molecule has 0 spiro atoms. The van der Waals surface area contributed by atoms with Crippen LogP contribution in [0.1, 0.15) is 49.9 Å². The van der Waals surface area contributed by atoms with E-state index in [0.29, 0.717) is 5.69 Å². The Morgan fingerprint density at radius 3 is 2.29 bits per heavy atom. The van der Waals surface area contributed by atoms with Crippen molar-refractivity contribution in [2.45, 2.75) is 39.5 Å². The van der Waals surface area contributed by atoms with Gasteiger partial charge in [0, 0.05) is 18.8 Å². The first-order valence-corrected chi connectivity index (χ1v) is 7.47. The summed E-state index contributed by atoms with van der Waals surface area (Å²) in [6.07, 6.45) is 3.99. The summed E-state index contributed by atoms with van der Waals surface area (Å²) in [5.41, 5.74) is 0.680. The van der Waals surface area contributed by atoms with Gasteiger partial charge in [0.05, 0.1) is 5.56 Å². The lowest BCUT2D eigenvalue weighted by Gasteiger charge is -2.23. The number of hydrogen-bond donors (Lipinski definition) is 2. The summed E-state index contributed by atoms with van der Waals surface area (Å²) >= 11 is 0. The molecule has 21 heavy (non-hydrogen) atoms. The third-order valence-electron chi connectivity index (χ3n) is 3.21. The fourth-order valence-corrected chi connectivity index (χ4v) is 1.95. The van der Waals surface area contributed by atoms with Crippen molar-refractivity contribution in [3.8, 4) is 0 Å². The SMILES string of the molecule is CCCCN(CCCC)C(=O)Nc1cccc(C(=O)O)c1. The highest BCUT2D eigenvalue weighted by molar-refractivity contribution is 5.93. The summed E-state index contributed by atoms with van der Waals surface area (Å²) in [5, 5.41) is 11.7. The number of carboxylic acids is 1. The lowest BCUT2D eigenvalue weighted by molar-refractivity contribution is 0.0697. The monoisotopic (exact) mass is 292 g/mol. The highest BCUT2D eigenvalue weighted by atomic mass is 16.4. The van der Waals surface area contributed by atoms with E-state index in [2.05, 4.69) is 19.2 Å². The molecule has 0 bridgehead atoms. The van der Waals surface area contributed by atoms with Crippen LogP contribution in [0.3, 0.4) is 0 Å². The maximum atomic E-state index is 12.3. The van der Waals surface area contributed by atoms with E-state index in [0.717, 1.165) is 38.8 Å². The molecule has 5 heteroatoms. The molecule has 1 aromatic carbocycles. The van der Waals surface area contributed by atoms with E-state index in [1.165, 1.54) is 12.1 Å². The molecule has 0 heterocycles. The van der Waals surface area contributed by atoms with Crippen molar-refractivity contribution in [2.75, 3.05) is 18.4 Å². The number of hydrogen-bond acceptors (Lipinski definition) is 2. The largest absolute Gasteiger partial charge is 0.478 e. The first-order valence-electron chi connectivity index (χ1n) is 7.47. The van der Waals surface area contributed by atoms with Gasteiger partial charge in [-0.05, 0) is 31.0 Å². The van der Waals surface area contributed by atoms with Crippen LogP contribution in [0.2, 0.25) is 0 Å². The second kappa shape index (κ2) is 9.00. The number of carbonyl (C=O) groups excluding carboxylic acids is 1. The highest BCUT2D eigenvalue weighted by Gasteiger charge is 2.13. The first-order chi connectivity index (χ1) is 10.1. The van der Waals surface area contributed by atoms with Gasteiger partial charge in [0.15, 0.2) is 0 Å². The summed E-state index contributed by atoms with van der Waals surface area (Å²) in [6.45, 7) is 5.63. The second-order valence-corrected chi connectivity index (χ2v) is 5.01. The van der Waals surface area contributed by atoms with Crippen molar-refractivity contribution in [3.63, 3.8) is 0 Å². The highest BCUT2D eigenvalue weighted by Crippen LogP contribution is 2.12. The van der Waals surface area contributed by atoms with Gasteiger partial charge in [-0.25, -0.2) is 9.59 Å². The fraction of sp³-hybridized carbons (Fsp3) is 0.500. The van der Waals surface area contributed by atoms with Crippen molar-refractivity contribution in [1.82, 2.24) is 4.90 Å². The van der Waals surface area contributed by atoms with E-state index in [1.54, 1.807) is 17.0 Å². The van der Waals surface area contributed by atoms with Crippen LogP contribution in [0.15, 0.2) is 24.3 Å². The summed E-state index contributed by atoms with van der Waals surface area (Å²) < 4.78 is 0. The van der Waals surface area contributed by atoms with Gasteiger partial charge in [-0.1, -0.05) is 32.8 Å². The van der Waals surface area contributed by atoms with Gasteiger partial charge < -0.3 is 15.3 Å². The Morgan fingerprint density at radius 1 is 1.14 bits per heavy atom. The zero-order chi connectivity index (χ0) is 15.7. The van der Waals surface area contributed by atoms with E-state index in [4.69, 9.17) is 5.11 Å². The molecular weight excluding hydrogens is 268 g/mol. The molecule has 116 valence electrons. The van der Waals surface area contributed by atoms with Crippen molar-refractivity contribution >= 4 is 17.7 Å². The molecule has 5 nitrogen and oxygen atoms in total. The Labute approximate surface area is 126 Å². The molecule has 0 unspecified atom stereocenters. The third-order valence-corrected chi connectivity index (χ3v) is 3.21. The number of nitrogens with one attached hydrogen (secondary N) is 1. The van der Waals surface area contributed by atoms with E-state index in [1.807, 2.05) is 0 Å². The maximum Gasteiger partial charge on any atom is 0.335 e. The molecule has 0 atom stereocenters. The van der Waals surface area contributed by atoms with Crippen LogP contribution < -0.4 is 5.32 Å². The molecule has 0 saturated carbocycles. The van der Waals surface area contributed by atoms with Crippen LogP contribution in [0.4, 0.5) is 10.5 Å². The summed E-state index contributed by atoms with van der Waals surface area (Å²) in [6, 6.07) is 6.13. The van der Waals surface area contributed by atoms with Gasteiger partial charge in [0.25, 0.3) is 0 Å². The molecule has 2 amide bonds. The minimum Gasteiger partial charge on any atom is -0.478 e. The van der Waals surface area contributed by atoms with Gasteiger partial charge in [0.2, 0.25) is 0 Å². The molecule has 0 aliphatic carbocycles. The molecule has 0 aliphatic heterocycles. The molecule has 0 fully saturated rings. The molecule has 0 aliphatic rings. The molecule has 0 radical (unpaired) electrons. The minimum atomic E-state index is -1.00. The number of anilines is 1. The molecule has 2 N–H and O–H groups in total. The summed E-state index contributed by atoms with van der Waals surface area (Å²) in [7, 11) is 0. The zero-order valence-electron chi connectivity index (χ0n) is 12.8. The van der Waals surface area contributed by atoms with Crippen LogP contribution in [0, 0.1) is 0 Å². The first kappa shape index (κ1) is 17.0. The third kappa shape index (κ3) is 5.85. The van der Waals surface area contributed by atoms with E-state index >= 15 is 0 Å².